The fraction of sp³-hybridized carbons (Fsp3) is 0.364. The molecule has 4 heterocycles. The molecule has 3 aromatic rings. The van der Waals surface area contributed by atoms with Crippen molar-refractivity contribution in [1.29, 1.82) is 0 Å². The van der Waals surface area contributed by atoms with Crippen LogP contribution < -0.4 is 10.2 Å². The van der Waals surface area contributed by atoms with Crippen LogP contribution in [0.1, 0.15) is 35.9 Å². The van der Waals surface area contributed by atoms with Crippen LogP contribution >= 0.6 is 0 Å². The summed E-state index contributed by atoms with van der Waals surface area (Å²) in [6.07, 6.45) is -5.86. The van der Waals surface area contributed by atoms with Crippen molar-refractivity contribution in [2.45, 2.75) is 37.0 Å². The van der Waals surface area contributed by atoms with Gasteiger partial charge >= 0.3 is 6.18 Å². The van der Waals surface area contributed by atoms with Crippen LogP contribution in [-0.2, 0) is 4.79 Å². The predicted molar refractivity (Wildman–Crippen MR) is 114 cm³/mol. The normalized spacial score (nSPS) is 21.6. The van der Waals surface area contributed by atoms with E-state index in [1.807, 2.05) is 47.4 Å². The Balaban J connectivity index is 1.32. The van der Waals surface area contributed by atoms with Gasteiger partial charge in [-0.2, -0.15) is 18.3 Å². The molecule has 8 nitrogen and oxygen atoms in total. The Bertz CT molecular complexity index is 1140. The number of anilines is 2. The maximum absolute atomic E-state index is 13.7. The average Bonchev–Trinajstić information content (AvgIpc) is 3.22. The Labute approximate surface area is 186 Å². The summed E-state index contributed by atoms with van der Waals surface area (Å²) >= 11 is 0. The average molecular weight is 458 g/mol. The standard InChI is InChI=1S/C22H21F3N6O2/c23-22(24,25)17-16-18(29-30-20(16)26-21(33)19(17)32)13-8-10-31(11-9-13)15-7-6-14(27-28-15)12-4-2-1-3-5-12/h1-7,13,17,19,32H,8-11H2,(H2,26,29,30,33)/t17-,19-/m0/s1. The van der Waals surface area contributed by atoms with Crippen molar-refractivity contribution in [3.8, 4) is 11.3 Å². The van der Waals surface area contributed by atoms with E-state index < -0.39 is 24.1 Å². The highest BCUT2D eigenvalue weighted by Crippen LogP contribution is 2.47. The Kier molecular flexibility index (Phi) is 5.28. The number of amides is 1. The predicted octanol–water partition coefficient (Wildman–Crippen LogP) is 3.21. The Morgan fingerprint density at radius 1 is 1.03 bits per heavy atom. The van der Waals surface area contributed by atoms with E-state index in [0.29, 0.717) is 37.4 Å². The number of nitrogens with one attached hydrogen (secondary N) is 2. The summed E-state index contributed by atoms with van der Waals surface area (Å²) in [5.74, 6) is -3.08. The minimum Gasteiger partial charge on any atom is -0.382 e. The molecule has 2 aliphatic heterocycles. The van der Waals surface area contributed by atoms with Gasteiger partial charge in [-0.3, -0.25) is 9.89 Å². The number of aliphatic hydroxyl groups is 1. The first-order chi connectivity index (χ1) is 15.8. The Hall–Kier alpha value is -3.47. The van der Waals surface area contributed by atoms with Crippen molar-refractivity contribution in [1.82, 2.24) is 20.4 Å². The van der Waals surface area contributed by atoms with E-state index in [2.05, 4.69) is 25.7 Å². The highest BCUT2D eigenvalue weighted by molar-refractivity contribution is 5.97. The van der Waals surface area contributed by atoms with Gasteiger partial charge in [0.15, 0.2) is 11.6 Å². The zero-order valence-corrected chi connectivity index (χ0v) is 17.4. The monoisotopic (exact) mass is 458 g/mol. The van der Waals surface area contributed by atoms with Crippen molar-refractivity contribution >= 4 is 17.5 Å². The molecule has 0 saturated carbocycles. The molecular formula is C22H21F3N6O2. The van der Waals surface area contributed by atoms with Gasteiger partial charge in [0.05, 0.1) is 5.69 Å². The van der Waals surface area contributed by atoms with Crippen molar-refractivity contribution in [3.05, 3.63) is 53.7 Å². The molecule has 1 aromatic carbocycles. The zero-order valence-electron chi connectivity index (χ0n) is 17.4. The van der Waals surface area contributed by atoms with Gasteiger partial charge in [-0.25, -0.2) is 0 Å². The van der Waals surface area contributed by atoms with Crippen molar-refractivity contribution in [3.63, 3.8) is 0 Å². The molecule has 2 atom stereocenters. The van der Waals surface area contributed by atoms with Gasteiger partial charge in [0.25, 0.3) is 5.91 Å². The summed E-state index contributed by atoms with van der Waals surface area (Å²) in [4.78, 5) is 13.8. The lowest BCUT2D eigenvalue weighted by Crippen LogP contribution is -2.44. The molecule has 1 fully saturated rings. The second-order valence-electron chi connectivity index (χ2n) is 8.26. The van der Waals surface area contributed by atoms with Crippen LogP contribution in [0, 0.1) is 0 Å². The highest BCUT2D eigenvalue weighted by Gasteiger charge is 2.53. The first kappa shape index (κ1) is 21.4. The lowest BCUT2D eigenvalue weighted by Gasteiger charge is -2.34. The molecule has 2 aliphatic rings. The van der Waals surface area contributed by atoms with Crippen LogP contribution in [0.25, 0.3) is 11.3 Å². The lowest BCUT2D eigenvalue weighted by atomic mass is 9.83. The molecule has 0 spiro atoms. The van der Waals surface area contributed by atoms with Crippen molar-refractivity contribution in [2.75, 3.05) is 23.3 Å². The third-order valence-electron chi connectivity index (χ3n) is 6.27. The molecule has 0 unspecified atom stereocenters. The SMILES string of the molecule is O=C1Nc2n[nH]c(C3CCN(c4ccc(-c5ccccc5)nn4)CC3)c2[C@H](C(F)(F)F)[C@@H]1O. The first-order valence-corrected chi connectivity index (χ1v) is 10.6. The van der Waals surface area contributed by atoms with E-state index in [4.69, 9.17) is 0 Å². The van der Waals surface area contributed by atoms with E-state index >= 15 is 0 Å². The van der Waals surface area contributed by atoms with E-state index in [0.717, 1.165) is 11.3 Å². The van der Waals surface area contributed by atoms with Crippen LogP contribution in [0.3, 0.4) is 0 Å². The fourth-order valence-corrected chi connectivity index (χ4v) is 4.58. The van der Waals surface area contributed by atoms with E-state index in [-0.39, 0.29) is 17.3 Å². The molecule has 0 radical (unpaired) electrons. The third-order valence-corrected chi connectivity index (χ3v) is 6.27. The number of carbonyl (C=O) groups excluding carboxylic acids is 1. The number of rotatable bonds is 3. The number of aliphatic hydroxyl groups excluding tert-OH is 1. The minimum atomic E-state index is -4.78. The quantitative estimate of drug-likeness (QED) is 0.557. The van der Waals surface area contributed by atoms with E-state index in [1.165, 1.54) is 0 Å². The molecule has 3 N–H and O–H groups in total. The summed E-state index contributed by atoms with van der Waals surface area (Å²) in [6.45, 7) is 1.15. The van der Waals surface area contributed by atoms with E-state index in [9.17, 15) is 23.1 Å². The summed E-state index contributed by atoms with van der Waals surface area (Å²) in [5, 5.41) is 27.4. The second kappa shape index (κ2) is 8.14. The number of halogens is 3. The number of carbonyl (C=O) groups is 1. The van der Waals surface area contributed by atoms with Crippen LogP contribution in [0.4, 0.5) is 24.8 Å². The number of piperidine rings is 1. The van der Waals surface area contributed by atoms with Crippen LogP contribution in [0.5, 0.6) is 0 Å². The number of hydrogen-bond donors (Lipinski definition) is 3. The number of hydrogen-bond acceptors (Lipinski definition) is 6. The van der Waals surface area contributed by atoms with Gasteiger partial charge in [0.1, 0.15) is 12.0 Å². The second-order valence-corrected chi connectivity index (χ2v) is 8.26. The largest absolute Gasteiger partial charge is 0.398 e. The summed E-state index contributed by atoms with van der Waals surface area (Å²) in [6, 6.07) is 13.5. The number of aromatic nitrogens is 4. The topological polar surface area (TPSA) is 107 Å². The molecule has 11 heteroatoms. The van der Waals surface area contributed by atoms with Crippen molar-refractivity contribution in [2.24, 2.45) is 0 Å². The highest BCUT2D eigenvalue weighted by atomic mass is 19.4. The zero-order chi connectivity index (χ0) is 23.2. The number of aromatic amines is 1. The van der Waals surface area contributed by atoms with Gasteiger partial charge in [-0.1, -0.05) is 30.3 Å². The maximum atomic E-state index is 13.7. The van der Waals surface area contributed by atoms with Gasteiger partial charge in [0.2, 0.25) is 0 Å². The molecule has 1 amide bonds. The number of alkyl halides is 3. The van der Waals surface area contributed by atoms with Gasteiger partial charge in [0, 0.05) is 35.8 Å². The summed E-state index contributed by atoms with van der Waals surface area (Å²) < 4.78 is 41.1. The molecule has 0 bridgehead atoms. The van der Waals surface area contributed by atoms with Crippen LogP contribution in [-0.4, -0.2) is 56.8 Å². The molecule has 5 rings (SSSR count). The number of nitrogens with zero attached hydrogens (tertiary/aromatic N) is 4. The summed E-state index contributed by atoms with van der Waals surface area (Å²) in [5.41, 5.74) is 1.88. The first-order valence-electron chi connectivity index (χ1n) is 10.6. The summed E-state index contributed by atoms with van der Waals surface area (Å²) in [7, 11) is 0. The number of H-pyrrole nitrogens is 1. The molecule has 33 heavy (non-hydrogen) atoms. The number of benzene rings is 1. The Morgan fingerprint density at radius 2 is 1.76 bits per heavy atom. The minimum absolute atomic E-state index is 0.160. The van der Waals surface area contributed by atoms with Crippen molar-refractivity contribution < 1.29 is 23.1 Å². The number of fused-ring (bicyclic) bond motifs is 1. The molecule has 0 aliphatic carbocycles. The third kappa shape index (κ3) is 3.92. The molecule has 1 saturated heterocycles. The lowest BCUT2D eigenvalue weighted by molar-refractivity contribution is -0.177. The van der Waals surface area contributed by atoms with Gasteiger partial charge in [-0.05, 0) is 25.0 Å². The molecular weight excluding hydrogens is 437 g/mol. The van der Waals surface area contributed by atoms with E-state index in [1.54, 1.807) is 0 Å². The van der Waals surface area contributed by atoms with Gasteiger partial charge < -0.3 is 15.3 Å². The maximum Gasteiger partial charge on any atom is 0.398 e. The van der Waals surface area contributed by atoms with Crippen LogP contribution in [0.2, 0.25) is 0 Å². The van der Waals surface area contributed by atoms with Crippen LogP contribution in [0.15, 0.2) is 42.5 Å². The fourth-order valence-electron chi connectivity index (χ4n) is 4.58. The van der Waals surface area contributed by atoms with Gasteiger partial charge in [-0.15, -0.1) is 10.2 Å². The molecule has 172 valence electrons. The molecule has 2 aromatic heterocycles. The Morgan fingerprint density at radius 3 is 2.39 bits per heavy atom. The smallest absolute Gasteiger partial charge is 0.382 e.